The Balaban J connectivity index is 1.89. The van der Waals surface area contributed by atoms with E-state index in [1.165, 1.54) is 0 Å². The number of allylic oxidation sites excluding steroid dienone is 2. The van der Waals surface area contributed by atoms with Gasteiger partial charge < -0.3 is 15.1 Å². The van der Waals surface area contributed by atoms with Crippen molar-refractivity contribution in [3.63, 3.8) is 0 Å². The molecule has 1 unspecified atom stereocenters. The van der Waals surface area contributed by atoms with Crippen LogP contribution < -0.4 is 5.73 Å². The molecule has 0 fully saturated rings. The molecule has 1 aromatic rings. The Morgan fingerprint density at radius 1 is 1.45 bits per heavy atom. The number of halogens is 2. The van der Waals surface area contributed by atoms with E-state index in [2.05, 4.69) is 5.92 Å². The Morgan fingerprint density at radius 2 is 2.27 bits per heavy atom. The maximum absolute atomic E-state index is 6.59. The molecule has 0 saturated carbocycles. The maximum atomic E-state index is 6.59. The highest BCUT2D eigenvalue weighted by Crippen LogP contribution is 2.50. The fourth-order valence-corrected chi connectivity index (χ4v) is 4.41. The van der Waals surface area contributed by atoms with E-state index in [0.717, 1.165) is 21.4 Å². The van der Waals surface area contributed by atoms with E-state index >= 15 is 0 Å². The number of thioether (sulfide) groups is 1. The molecule has 114 valence electrons. The number of nitrogens with two attached hydrogens (primary N) is 1. The first-order valence-electron chi connectivity index (χ1n) is 6.76. The second-order valence-electron chi connectivity index (χ2n) is 5.00. The van der Waals surface area contributed by atoms with Crippen molar-refractivity contribution in [2.24, 2.45) is 5.73 Å². The number of fused-ring (bicyclic) bond motifs is 1. The molecule has 0 spiro atoms. The monoisotopic (exact) mass is 352 g/mol. The number of furan rings is 1. The largest absolute Gasteiger partial charge is 0.467 e. The predicted molar refractivity (Wildman–Crippen MR) is 92.0 cm³/mol. The van der Waals surface area contributed by atoms with Crippen LogP contribution in [-0.2, 0) is 6.54 Å². The second-order valence-corrected chi connectivity index (χ2v) is 7.04. The van der Waals surface area contributed by atoms with Gasteiger partial charge in [-0.3, -0.25) is 0 Å². The van der Waals surface area contributed by atoms with E-state index in [1.54, 1.807) is 18.0 Å². The highest BCUT2D eigenvalue weighted by Gasteiger charge is 2.35. The summed E-state index contributed by atoms with van der Waals surface area (Å²) in [6.45, 7) is 0.527. The highest BCUT2D eigenvalue weighted by atomic mass is 35.5. The smallest absolute Gasteiger partial charge is 0.123 e. The minimum Gasteiger partial charge on any atom is -0.467 e. The van der Waals surface area contributed by atoms with Crippen LogP contribution in [-0.4, -0.2) is 16.2 Å². The van der Waals surface area contributed by atoms with Gasteiger partial charge in [-0.25, -0.2) is 0 Å². The zero-order valence-electron chi connectivity index (χ0n) is 11.6. The molecule has 0 radical (unpaired) electrons. The van der Waals surface area contributed by atoms with E-state index < -0.39 is 0 Å². The van der Waals surface area contributed by atoms with E-state index in [0.29, 0.717) is 18.1 Å². The summed E-state index contributed by atoms with van der Waals surface area (Å²) in [6, 6.07) is 3.45. The van der Waals surface area contributed by atoms with Crippen molar-refractivity contribution in [1.82, 2.24) is 4.90 Å². The maximum Gasteiger partial charge on any atom is 0.123 e. The van der Waals surface area contributed by atoms with Crippen LogP contribution in [0.5, 0.6) is 0 Å². The lowest BCUT2D eigenvalue weighted by Gasteiger charge is -2.27. The molecule has 2 aliphatic rings. The molecular formula is C16H14Cl2N2OS. The summed E-state index contributed by atoms with van der Waals surface area (Å²) in [5.74, 6) is 3.36. The summed E-state index contributed by atoms with van der Waals surface area (Å²) >= 11 is 14.6. The fraction of sp³-hybridized carbons (Fsp3) is 0.250. The predicted octanol–water partition coefficient (Wildman–Crippen LogP) is 3.98. The first-order chi connectivity index (χ1) is 10.6. The van der Waals surface area contributed by atoms with Crippen molar-refractivity contribution in [2.75, 3.05) is 0 Å². The van der Waals surface area contributed by atoms with Gasteiger partial charge in [-0.1, -0.05) is 29.1 Å². The molecule has 0 amide bonds. The lowest BCUT2D eigenvalue weighted by atomic mass is 10.1. The van der Waals surface area contributed by atoms with Gasteiger partial charge in [0, 0.05) is 10.2 Å². The first kappa shape index (κ1) is 15.6. The Labute approximate surface area is 143 Å². The molecule has 0 aromatic carbocycles. The molecule has 2 N–H and O–H groups in total. The quantitative estimate of drug-likeness (QED) is 0.657. The molecule has 0 bridgehead atoms. The van der Waals surface area contributed by atoms with Crippen molar-refractivity contribution < 1.29 is 4.42 Å². The van der Waals surface area contributed by atoms with E-state index in [9.17, 15) is 0 Å². The van der Waals surface area contributed by atoms with Gasteiger partial charge in [-0.05, 0) is 30.7 Å². The number of nitrogens with zero attached hydrogens (tertiary/aromatic N) is 1. The van der Waals surface area contributed by atoms with Gasteiger partial charge in [0.2, 0.25) is 0 Å². The van der Waals surface area contributed by atoms with E-state index in [1.807, 2.05) is 29.2 Å². The zero-order valence-corrected chi connectivity index (χ0v) is 14.0. The van der Waals surface area contributed by atoms with Crippen LogP contribution in [0.1, 0.15) is 12.2 Å². The molecule has 2 aliphatic heterocycles. The summed E-state index contributed by atoms with van der Waals surface area (Å²) in [6.07, 6.45) is 11.5. The van der Waals surface area contributed by atoms with Crippen LogP contribution >= 0.6 is 35.0 Å². The third kappa shape index (κ3) is 2.95. The van der Waals surface area contributed by atoms with Gasteiger partial charge >= 0.3 is 0 Å². The van der Waals surface area contributed by atoms with Gasteiger partial charge in [0.25, 0.3) is 0 Å². The molecule has 3 heterocycles. The Bertz CT molecular complexity index is 700. The Hall–Kier alpha value is -1.25. The van der Waals surface area contributed by atoms with Crippen molar-refractivity contribution in [2.45, 2.75) is 24.3 Å². The minimum absolute atomic E-state index is 0.0593. The van der Waals surface area contributed by atoms with Crippen molar-refractivity contribution in [1.29, 1.82) is 0 Å². The molecular weight excluding hydrogens is 339 g/mol. The van der Waals surface area contributed by atoms with E-state index in [4.69, 9.17) is 39.8 Å². The summed E-state index contributed by atoms with van der Waals surface area (Å²) in [4.78, 5) is 3.03. The molecule has 22 heavy (non-hydrogen) atoms. The zero-order chi connectivity index (χ0) is 15.7. The lowest BCUT2D eigenvalue weighted by molar-refractivity contribution is 0.384. The third-order valence-electron chi connectivity index (χ3n) is 3.49. The molecule has 6 heteroatoms. The standard InChI is InChI=1S/C16H14Cl2N2OS/c1-2-10(19)8-13-15(18)16-12(22-13)5-6-14(17)20(16)9-11-4-3-7-21-11/h1,3-7,10,13H,8-9,19H2/t10-,13?/m0/s1. The molecule has 3 rings (SSSR count). The van der Waals surface area contributed by atoms with Gasteiger partial charge in [-0.2, -0.15) is 0 Å². The topological polar surface area (TPSA) is 42.4 Å². The lowest BCUT2D eigenvalue weighted by Crippen LogP contribution is -2.23. The van der Waals surface area contributed by atoms with Crippen molar-refractivity contribution in [3.05, 3.63) is 57.1 Å². The number of hydrogen-bond donors (Lipinski definition) is 1. The second kappa shape index (κ2) is 6.47. The highest BCUT2D eigenvalue weighted by molar-refractivity contribution is 8.04. The van der Waals surface area contributed by atoms with Crippen LogP contribution in [0.2, 0.25) is 0 Å². The van der Waals surface area contributed by atoms with Crippen LogP contribution in [0.15, 0.2) is 55.8 Å². The Kier molecular flexibility index (Phi) is 4.60. The first-order valence-corrected chi connectivity index (χ1v) is 8.39. The SMILES string of the molecule is C#C[C@H](N)CC1SC2=CC=C(Cl)N(Cc3ccco3)C2=C1Cl. The van der Waals surface area contributed by atoms with Crippen LogP contribution in [0.4, 0.5) is 0 Å². The van der Waals surface area contributed by atoms with Crippen LogP contribution in [0.3, 0.4) is 0 Å². The summed E-state index contributed by atoms with van der Waals surface area (Å²) in [5.41, 5.74) is 6.78. The van der Waals surface area contributed by atoms with Gasteiger partial charge in [-0.15, -0.1) is 18.2 Å². The fourth-order valence-electron chi connectivity index (χ4n) is 2.42. The van der Waals surface area contributed by atoms with Gasteiger partial charge in [0.15, 0.2) is 0 Å². The average molecular weight is 353 g/mol. The molecule has 1 aromatic heterocycles. The average Bonchev–Trinajstić information content (AvgIpc) is 3.11. The summed E-state index contributed by atoms with van der Waals surface area (Å²) < 4.78 is 5.41. The Morgan fingerprint density at radius 3 is 2.95 bits per heavy atom. The van der Waals surface area contributed by atoms with Crippen LogP contribution in [0, 0.1) is 12.3 Å². The number of rotatable bonds is 4. The molecule has 0 aliphatic carbocycles. The van der Waals surface area contributed by atoms with E-state index in [-0.39, 0.29) is 11.3 Å². The van der Waals surface area contributed by atoms with Gasteiger partial charge in [0.05, 0.1) is 29.6 Å². The van der Waals surface area contributed by atoms with Crippen LogP contribution in [0.25, 0.3) is 0 Å². The minimum atomic E-state index is -0.311. The normalized spacial score (nSPS) is 22.1. The molecule has 0 saturated heterocycles. The van der Waals surface area contributed by atoms with Gasteiger partial charge in [0.1, 0.15) is 10.9 Å². The summed E-state index contributed by atoms with van der Waals surface area (Å²) in [5, 5.41) is 1.40. The molecule has 2 atom stereocenters. The number of terminal acetylenes is 1. The molecule has 3 nitrogen and oxygen atoms in total. The number of hydrogen-bond acceptors (Lipinski definition) is 4. The third-order valence-corrected chi connectivity index (χ3v) is 5.69. The summed E-state index contributed by atoms with van der Waals surface area (Å²) in [7, 11) is 0. The van der Waals surface area contributed by atoms with Crippen molar-refractivity contribution >= 4 is 35.0 Å². The van der Waals surface area contributed by atoms with Crippen molar-refractivity contribution in [3.8, 4) is 12.3 Å².